The maximum Gasteiger partial charge on any atom is 0.0837 e. The monoisotopic (exact) mass is 129 g/mol. The van der Waals surface area contributed by atoms with Gasteiger partial charge in [0.15, 0.2) is 0 Å². The SMILES string of the molecule is COCC(C)=NC(C)C. The van der Waals surface area contributed by atoms with E-state index in [1.165, 1.54) is 0 Å². The van der Waals surface area contributed by atoms with E-state index in [1.807, 2.05) is 6.92 Å². The minimum Gasteiger partial charge on any atom is -0.379 e. The van der Waals surface area contributed by atoms with Gasteiger partial charge in [-0.3, -0.25) is 4.99 Å². The van der Waals surface area contributed by atoms with E-state index in [2.05, 4.69) is 18.8 Å². The van der Waals surface area contributed by atoms with E-state index in [9.17, 15) is 0 Å². The molecule has 0 aromatic carbocycles. The molecule has 0 N–H and O–H groups in total. The van der Waals surface area contributed by atoms with Crippen molar-refractivity contribution < 1.29 is 4.74 Å². The van der Waals surface area contributed by atoms with Gasteiger partial charge in [-0.25, -0.2) is 0 Å². The summed E-state index contributed by atoms with van der Waals surface area (Å²) >= 11 is 0. The predicted molar refractivity (Wildman–Crippen MR) is 40.1 cm³/mol. The average molecular weight is 129 g/mol. The summed E-state index contributed by atoms with van der Waals surface area (Å²) in [4.78, 5) is 4.26. The maximum absolute atomic E-state index is 4.87. The van der Waals surface area contributed by atoms with Crippen molar-refractivity contribution in [3.8, 4) is 0 Å². The van der Waals surface area contributed by atoms with Crippen molar-refractivity contribution >= 4 is 5.71 Å². The predicted octanol–water partition coefficient (Wildman–Crippen LogP) is 1.50. The lowest BCUT2D eigenvalue weighted by Crippen LogP contribution is -2.04. The number of nitrogens with zero attached hydrogens (tertiary/aromatic N) is 1. The molecule has 0 spiro atoms. The van der Waals surface area contributed by atoms with Gasteiger partial charge in [0.2, 0.25) is 0 Å². The van der Waals surface area contributed by atoms with Crippen LogP contribution in [-0.4, -0.2) is 25.5 Å². The van der Waals surface area contributed by atoms with Crippen LogP contribution < -0.4 is 0 Å². The molecular formula is C7H15NO. The second-order valence-electron chi connectivity index (χ2n) is 2.39. The van der Waals surface area contributed by atoms with E-state index in [-0.39, 0.29) is 0 Å². The number of ether oxygens (including phenoxy) is 1. The van der Waals surface area contributed by atoms with Crippen LogP contribution in [0.15, 0.2) is 4.99 Å². The number of methoxy groups -OCH3 is 1. The van der Waals surface area contributed by atoms with Crippen LogP contribution in [0, 0.1) is 0 Å². The first-order valence-corrected chi connectivity index (χ1v) is 3.19. The fraction of sp³-hybridized carbons (Fsp3) is 0.857. The molecule has 0 aliphatic heterocycles. The molecule has 0 amide bonds. The van der Waals surface area contributed by atoms with Gasteiger partial charge in [0.1, 0.15) is 0 Å². The number of rotatable bonds is 3. The molecule has 0 rings (SSSR count). The molecule has 0 fully saturated rings. The largest absolute Gasteiger partial charge is 0.379 e. The molecule has 0 aliphatic carbocycles. The fourth-order valence-electron chi connectivity index (χ4n) is 0.687. The van der Waals surface area contributed by atoms with E-state index in [0.717, 1.165) is 5.71 Å². The average Bonchev–Trinajstić information content (AvgIpc) is 1.63. The van der Waals surface area contributed by atoms with Gasteiger partial charge >= 0.3 is 0 Å². The zero-order chi connectivity index (χ0) is 7.28. The van der Waals surface area contributed by atoms with Gasteiger partial charge in [-0.05, 0) is 20.8 Å². The second-order valence-corrected chi connectivity index (χ2v) is 2.39. The van der Waals surface area contributed by atoms with Crippen LogP contribution in [0.2, 0.25) is 0 Å². The molecule has 0 saturated carbocycles. The van der Waals surface area contributed by atoms with Gasteiger partial charge < -0.3 is 4.74 Å². The molecule has 0 heterocycles. The first kappa shape index (κ1) is 8.63. The lowest BCUT2D eigenvalue weighted by atomic mass is 10.4. The van der Waals surface area contributed by atoms with Crippen LogP contribution in [0.4, 0.5) is 0 Å². The summed E-state index contributed by atoms with van der Waals surface area (Å²) in [6.45, 7) is 6.74. The van der Waals surface area contributed by atoms with Crippen molar-refractivity contribution in [1.29, 1.82) is 0 Å². The minimum atomic E-state index is 0.389. The molecule has 0 aliphatic rings. The summed E-state index contributed by atoms with van der Waals surface area (Å²) in [5.41, 5.74) is 1.06. The fourth-order valence-corrected chi connectivity index (χ4v) is 0.687. The summed E-state index contributed by atoms with van der Waals surface area (Å²) in [6, 6.07) is 0.389. The van der Waals surface area contributed by atoms with Crippen molar-refractivity contribution in [2.45, 2.75) is 26.8 Å². The molecule has 0 aromatic heterocycles. The zero-order valence-corrected chi connectivity index (χ0v) is 6.64. The van der Waals surface area contributed by atoms with Crippen LogP contribution >= 0.6 is 0 Å². The van der Waals surface area contributed by atoms with Crippen LogP contribution in [0.5, 0.6) is 0 Å². The number of aliphatic imine (C=N–C) groups is 1. The quantitative estimate of drug-likeness (QED) is 0.529. The molecule has 0 aromatic rings. The van der Waals surface area contributed by atoms with E-state index < -0.39 is 0 Å². The highest BCUT2D eigenvalue weighted by Crippen LogP contribution is 1.87. The van der Waals surface area contributed by atoms with Gasteiger partial charge in [-0.15, -0.1) is 0 Å². The van der Waals surface area contributed by atoms with E-state index >= 15 is 0 Å². The molecule has 2 nitrogen and oxygen atoms in total. The Morgan fingerprint density at radius 1 is 1.56 bits per heavy atom. The van der Waals surface area contributed by atoms with Crippen molar-refractivity contribution in [3.05, 3.63) is 0 Å². The second kappa shape index (κ2) is 4.50. The van der Waals surface area contributed by atoms with Crippen LogP contribution in [-0.2, 0) is 4.74 Å². The Morgan fingerprint density at radius 3 is 2.44 bits per heavy atom. The first-order chi connectivity index (χ1) is 4.16. The Kier molecular flexibility index (Phi) is 4.32. The van der Waals surface area contributed by atoms with Crippen LogP contribution in [0.1, 0.15) is 20.8 Å². The summed E-state index contributed by atoms with van der Waals surface area (Å²) in [5.74, 6) is 0. The van der Waals surface area contributed by atoms with Crippen molar-refractivity contribution in [2.75, 3.05) is 13.7 Å². The minimum absolute atomic E-state index is 0.389. The topological polar surface area (TPSA) is 21.6 Å². The van der Waals surface area contributed by atoms with E-state index in [0.29, 0.717) is 12.6 Å². The van der Waals surface area contributed by atoms with Crippen molar-refractivity contribution in [3.63, 3.8) is 0 Å². The van der Waals surface area contributed by atoms with Crippen LogP contribution in [0.25, 0.3) is 0 Å². The summed E-state index contributed by atoms with van der Waals surface area (Å²) in [7, 11) is 1.68. The summed E-state index contributed by atoms with van der Waals surface area (Å²) in [6.07, 6.45) is 0. The lowest BCUT2D eigenvalue weighted by Gasteiger charge is -2.00. The molecule has 0 saturated heterocycles. The van der Waals surface area contributed by atoms with Gasteiger partial charge in [0.05, 0.1) is 6.61 Å². The van der Waals surface area contributed by atoms with E-state index in [4.69, 9.17) is 4.74 Å². The number of hydrogen-bond donors (Lipinski definition) is 0. The summed E-state index contributed by atoms with van der Waals surface area (Å²) in [5, 5.41) is 0. The zero-order valence-electron chi connectivity index (χ0n) is 6.64. The molecule has 2 heteroatoms. The van der Waals surface area contributed by atoms with Crippen molar-refractivity contribution in [2.24, 2.45) is 4.99 Å². The molecular weight excluding hydrogens is 114 g/mol. The molecule has 54 valence electrons. The third kappa shape index (κ3) is 5.50. The highest BCUT2D eigenvalue weighted by molar-refractivity contribution is 5.83. The Balaban J connectivity index is 3.55. The van der Waals surface area contributed by atoms with E-state index in [1.54, 1.807) is 7.11 Å². The third-order valence-corrected chi connectivity index (χ3v) is 0.832. The Morgan fingerprint density at radius 2 is 2.11 bits per heavy atom. The highest BCUT2D eigenvalue weighted by Gasteiger charge is 1.90. The molecule has 0 atom stereocenters. The molecule has 9 heavy (non-hydrogen) atoms. The molecule has 0 unspecified atom stereocenters. The lowest BCUT2D eigenvalue weighted by molar-refractivity contribution is 0.244. The number of hydrogen-bond acceptors (Lipinski definition) is 2. The van der Waals surface area contributed by atoms with Crippen molar-refractivity contribution in [1.82, 2.24) is 0 Å². The molecule has 0 bridgehead atoms. The first-order valence-electron chi connectivity index (χ1n) is 3.19. The summed E-state index contributed by atoms with van der Waals surface area (Å²) < 4.78 is 4.87. The van der Waals surface area contributed by atoms with Crippen LogP contribution in [0.3, 0.4) is 0 Å². The van der Waals surface area contributed by atoms with Gasteiger partial charge in [-0.1, -0.05) is 0 Å². The Hall–Kier alpha value is -0.370. The smallest absolute Gasteiger partial charge is 0.0837 e. The maximum atomic E-state index is 4.87. The Bertz CT molecular complexity index is 97.1. The Labute approximate surface area is 56.9 Å². The van der Waals surface area contributed by atoms with Gasteiger partial charge in [0, 0.05) is 18.9 Å². The standard InChI is InChI=1S/C7H15NO/c1-6(2)8-7(3)5-9-4/h6H,5H2,1-4H3. The van der Waals surface area contributed by atoms with Gasteiger partial charge in [-0.2, -0.15) is 0 Å². The normalized spacial score (nSPS) is 12.8. The van der Waals surface area contributed by atoms with Gasteiger partial charge in [0.25, 0.3) is 0 Å². The highest BCUT2D eigenvalue weighted by atomic mass is 16.5. The third-order valence-electron chi connectivity index (χ3n) is 0.832. The molecule has 0 radical (unpaired) electrons.